The number of nitrogens with one attached hydrogen (secondary N) is 1. The summed E-state index contributed by atoms with van der Waals surface area (Å²) < 4.78 is 27.9. The van der Waals surface area contributed by atoms with E-state index in [0.29, 0.717) is 15.1 Å². The van der Waals surface area contributed by atoms with E-state index in [2.05, 4.69) is 20.7 Å². The third kappa shape index (κ3) is 2.42. The summed E-state index contributed by atoms with van der Waals surface area (Å²) in [5.41, 5.74) is -0.196. The Kier molecular flexibility index (Phi) is 3.64. The van der Waals surface area contributed by atoms with Crippen LogP contribution in [0.5, 0.6) is 0 Å². The Labute approximate surface area is 119 Å². The zero-order valence-corrected chi connectivity index (χ0v) is 13.4. The molecule has 1 heterocycles. The van der Waals surface area contributed by atoms with Gasteiger partial charge in [-0.15, -0.1) is 22.9 Å². The Balaban J connectivity index is 2.18. The quantitative estimate of drug-likeness (QED) is 0.843. The summed E-state index contributed by atoms with van der Waals surface area (Å²) in [5, 5.41) is 1.77. The summed E-state index contributed by atoms with van der Waals surface area (Å²) in [6.45, 7) is 3.95. The summed E-state index contributed by atoms with van der Waals surface area (Å²) >= 11 is 10.5. The number of hydrogen-bond acceptors (Lipinski definition) is 3. The second-order valence-corrected chi connectivity index (χ2v) is 8.96. The van der Waals surface area contributed by atoms with Crippen LogP contribution in [0.4, 0.5) is 0 Å². The second kappa shape index (κ2) is 4.49. The van der Waals surface area contributed by atoms with E-state index in [0.717, 1.165) is 0 Å². The van der Waals surface area contributed by atoms with E-state index in [1.165, 1.54) is 11.3 Å². The maximum atomic E-state index is 12.1. The molecular formula is C10H13BrClNO2S2. The molecule has 1 aromatic rings. The Hall–Kier alpha value is 0.380. The smallest absolute Gasteiger partial charge is 0.207 e. The summed E-state index contributed by atoms with van der Waals surface area (Å²) in [5.74, 6) is 0. The fraction of sp³-hybridized carbons (Fsp3) is 0.600. The first-order valence-corrected chi connectivity index (χ1v) is 8.74. The molecule has 2 rings (SSSR count). The second-order valence-electron chi connectivity index (χ2n) is 4.75. The van der Waals surface area contributed by atoms with E-state index >= 15 is 0 Å². The zero-order chi connectivity index (χ0) is 12.8. The van der Waals surface area contributed by atoms with Crippen LogP contribution in [0.2, 0.25) is 0 Å². The molecule has 2 unspecified atom stereocenters. The highest BCUT2D eigenvalue weighted by molar-refractivity contribution is 9.10. The number of thiophene rings is 1. The normalized spacial score (nSPS) is 27.8. The van der Waals surface area contributed by atoms with Gasteiger partial charge in [-0.1, -0.05) is 13.8 Å². The lowest BCUT2D eigenvalue weighted by Crippen LogP contribution is -2.59. The molecule has 1 aliphatic rings. The van der Waals surface area contributed by atoms with Crippen molar-refractivity contribution in [2.45, 2.75) is 35.9 Å². The molecule has 0 aliphatic heterocycles. The van der Waals surface area contributed by atoms with Gasteiger partial charge in [0.25, 0.3) is 10.0 Å². The fourth-order valence-electron chi connectivity index (χ4n) is 1.78. The Morgan fingerprint density at radius 2 is 2.24 bits per heavy atom. The monoisotopic (exact) mass is 357 g/mol. The molecule has 0 spiro atoms. The predicted molar refractivity (Wildman–Crippen MR) is 74.2 cm³/mol. The molecule has 1 saturated carbocycles. The summed E-state index contributed by atoms with van der Waals surface area (Å²) in [4.78, 5) is 0. The van der Waals surface area contributed by atoms with Crippen molar-refractivity contribution in [3.05, 3.63) is 15.9 Å². The molecule has 0 aromatic carbocycles. The van der Waals surface area contributed by atoms with E-state index in [1.807, 2.05) is 13.8 Å². The predicted octanol–water partition coefficient (Wildman–Crippen LogP) is 3.19. The minimum absolute atomic E-state index is 0.0296. The van der Waals surface area contributed by atoms with Gasteiger partial charge in [-0.05, 0) is 39.2 Å². The minimum atomic E-state index is -3.44. The van der Waals surface area contributed by atoms with Gasteiger partial charge in [0.1, 0.15) is 4.21 Å². The molecule has 1 aromatic heterocycles. The first-order valence-electron chi connectivity index (χ1n) is 5.14. The Bertz CT molecular complexity index is 526. The van der Waals surface area contributed by atoms with Gasteiger partial charge in [-0.25, -0.2) is 13.1 Å². The van der Waals surface area contributed by atoms with Crippen LogP contribution in [0, 0.1) is 5.41 Å². The van der Waals surface area contributed by atoms with Crippen molar-refractivity contribution in [1.29, 1.82) is 0 Å². The van der Waals surface area contributed by atoms with E-state index in [1.54, 1.807) is 11.4 Å². The Morgan fingerprint density at radius 1 is 1.59 bits per heavy atom. The van der Waals surface area contributed by atoms with Gasteiger partial charge in [0.2, 0.25) is 0 Å². The Morgan fingerprint density at radius 3 is 2.65 bits per heavy atom. The number of sulfonamides is 1. The average Bonchev–Trinajstić information content (AvgIpc) is 2.64. The minimum Gasteiger partial charge on any atom is -0.207 e. The van der Waals surface area contributed by atoms with Crippen LogP contribution in [0.1, 0.15) is 20.3 Å². The van der Waals surface area contributed by atoms with Crippen molar-refractivity contribution in [1.82, 2.24) is 4.72 Å². The standard InChI is InChI=1S/C10H13BrClNO2S2/c1-10(2)7(12)5-8(10)13-17(14,15)9-6(11)3-4-16-9/h3-4,7-8,13H,5H2,1-2H3. The van der Waals surface area contributed by atoms with Crippen LogP contribution in [-0.2, 0) is 10.0 Å². The summed E-state index contributed by atoms with van der Waals surface area (Å²) in [6.07, 6.45) is 0.677. The molecule has 0 amide bonds. The van der Waals surface area contributed by atoms with Crippen LogP contribution in [0.15, 0.2) is 20.1 Å². The van der Waals surface area contributed by atoms with Crippen molar-refractivity contribution in [3.8, 4) is 0 Å². The number of hydrogen-bond donors (Lipinski definition) is 1. The van der Waals surface area contributed by atoms with Crippen molar-refractivity contribution >= 4 is 48.9 Å². The lowest BCUT2D eigenvalue weighted by atomic mass is 9.67. The molecule has 17 heavy (non-hydrogen) atoms. The molecule has 7 heteroatoms. The molecule has 0 radical (unpaired) electrons. The van der Waals surface area contributed by atoms with E-state index < -0.39 is 10.0 Å². The number of rotatable bonds is 3. The van der Waals surface area contributed by atoms with Gasteiger partial charge in [-0.2, -0.15) is 0 Å². The highest BCUT2D eigenvalue weighted by atomic mass is 79.9. The van der Waals surface area contributed by atoms with Crippen LogP contribution in [-0.4, -0.2) is 19.8 Å². The molecule has 3 nitrogen and oxygen atoms in total. The van der Waals surface area contributed by atoms with E-state index in [9.17, 15) is 8.42 Å². The number of alkyl halides is 1. The number of halogens is 2. The van der Waals surface area contributed by atoms with Crippen LogP contribution < -0.4 is 4.72 Å². The molecule has 1 N–H and O–H groups in total. The summed E-state index contributed by atoms with van der Waals surface area (Å²) in [7, 11) is -3.44. The van der Waals surface area contributed by atoms with E-state index in [-0.39, 0.29) is 16.8 Å². The van der Waals surface area contributed by atoms with Crippen molar-refractivity contribution in [3.63, 3.8) is 0 Å². The van der Waals surface area contributed by atoms with Gasteiger partial charge in [-0.3, -0.25) is 0 Å². The van der Waals surface area contributed by atoms with Gasteiger partial charge in [0, 0.05) is 15.9 Å². The zero-order valence-electron chi connectivity index (χ0n) is 9.41. The molecule has 1 fully saturated rings. The SMILES string of the molecule is CC1(C)C(Cl)CC1NS(=O)(=O)c1sccc1Br. The maximum absolute atomic E-state index is 12.1. The highest BCUT2D eigenvalue weighted by Crippen LogP contribution is 2.45. The third-order valence-electron chi connectivity index (χ3n) is 3.27. The lowest BCUT2D eigenvalue weighted by Gasteiger charge is -2.48. The molecule has 2 atom stereocenters. The molecule has 0 saturated heterocycles. The van der Waals surface area contributed by atoms with Crippen LogP contribution >= 0.6 is 38.9 Å². The largest absolute Gasteiger partial charge is 0.251 e. The summed E-state index contributed by atoms with van der Waals surface area (Å²) in [6, 6.07) is 1.64. The molecular weight excluding hydrogens is 346 g/mol. The fourth-order valence-corrected chi connectivity index (χ4v) is 5.87. The maximum Gasteiger partial charge on any atom is 0.251 e. The van der Waals surface area contributed by atoms with Crippen LogP contribution in [0.25, 0.3) is 0 Å². The van der Waals surface area contributed by atoms with E-state index in [4.69, 9.17) is 11.6 Å². The van der Waals surface area contributed by atoms with Gasteiger partial charge < -0.3 is 0 Å². The van der Waals surface area contributed by atoms with Gasteiger partial charge >= 0.3 is 0 Å². The first kappa shape index (κ1) is 13.8. The van der Waals surface area contributed by atoms with Gasteiger partial charge in [0.15, 0.2) is 0 Å². The molecule has 0 bridgehead atoms. The molecule has 96 valence electrons. The van der Waals surface area contributed by atoms with Gasteiger partial charge in [0.05, 0.1) is 0 Å². The topological polar surface area (TPSA) is 46.2 Å². The average molecular weight is 359 g/mol. The highest BCUT2D eigenvalue weighted by Gasteiger charge is 2.49. The lowest BCUT2D eigenvalue weighted by molar-refractivity contribution is 0.137. The third-order valence-corrected chi connectivity index (χ3v) is 8.16. The van der Waals surface area contributed by atoms with Crippen molar-refractivity contribution in [2.75, 3.05) is 0 Å². The van der Waals surface area contributed by atoms with Crippen LogP contribution in [0.3, 0.4) is 0 Å². The molecule has 1 aliphatic carbocycles. The van der Waals surface area contributed by atoms with Crippen molar-refractivity contribution < 1.29 is 8.42 Å². The van der Waals surface area contributed by atoms with Crippen molar-refractivity contribution in [2.24, 2.45) is 5.41 Å². The first-order chi connectivity index (χ1) is 7.75.